The molecule has 3 N–H and O–H groups in total. The van der Waals surface area contributed by atoms with E-state index >= 15 is 0 Å². The second-order valence-electron chi connectivity index (χ2n) is 4.57. The van der Waals surface area contributed by atoms with Crippen molar-refractivity contribution in [1.29, 1.82) is 0 Å². The van der Waals surface area contributed by atoms with Gasteiger partial charge < -0.3 is 20.3 Å². The number of methoxy groups -OCH3 is 1. The zero-order valence-corrected chi connectivity index (χ0v) is 12.7. The van der Waals surface area contributed by atoms with Gasteiger partial charge in [0, 0.05) is 17.8 Å². The van der Waals surface area contributed by atoms with Crippen LogP contribution in [0.1, 0.15) is 27.4 Å². The molecule has 0 fully saturated rings. The number of anilines is 2. The lowest BCUT2D eigenvalue weighted by atomic mass is 10.1. The molecule has 0 radical (unpaired) electrons. The predicted molar refractivity (Wildman–Crippen MR) is 80.5 cm³/mol. The summed E-state index contributed by atoms with van der Waals surface area (Å²) in [4.78, 5) is 11.8. The zero-order valence-electron chi connectivity index (χ0n) is 12.0. The van der Waals surface area contributed by atoms with E-state index in [9.17, 15) is 4.79 Å². The first-order chi connectivity index (χ1) is 9.93. The number of aryl methyl sites for hydroxylation is 2. The van der Waals surface area contributed by atoms with E-state index in [1.165, 1.54) is 13.2 Å². The lowest BCUT2D eigenvalue weighted by Gasteiger charge is -2.13. The number of nitrogens with zero attached hydrogens (tertiary/aromatic N) is 1. The van der Waals surface area contributed by atoms with Crippen LogP contribution in [0.4, 0.5) is 11.4 Å². The number of benzene rings is 1. The molecule has 0 bridgehead atoms. The Labute approximate surface area is 127 Å². The number of ether oxygens (including phenoxy) is 1. The van der Waals surface area contributed by atoms with E-state index < -0.39 is 5.97 Å². The van der Waals surface area contributed by atoms with Crippen molar-refractivity contribution in [3.8, 4) is 0 Å². The van der Waals surface area contributed by atoms with Gasteiger partial charge in [-0.2, -0.15) is 0 Å². The van der Waals surface area contributed by atoms with Crippen molar-refractivity contribution in [1.82, 2.24) is 5.16 Å². The lowest BCUT2D eigenvalue weighted by Crippen LogP contribution is -2.10. The Bertz CT molecular complexity index is 663. The van der Waals surface area contributed by atoms with Crippen molar-refractivity contribution < 1.29 is 14.1 Å². The van der Waals surface area contributed by atoms with Crippen LogP contribution >= 0.6 is 11.6 Å². The highest BCUT2D eigenvalue weighted by molar-refractivity contribution is 6.34. The normalized spacial score (nSPS) is 10.5. The van der Waals surface area contributed by atoms with Crippen LogP contribution in [0.15, 0.2) is 16.7 Å². The molecule has 0 aliphatic heterocycles. The Kier molecular flexibility index (Phi) is 4.37. The number of hydrogen-bond acceptors (Lipinski definition) is 6. The first-order valence-electron chi connectivity index (χ1n) is 6.27. The molecule has 1 aromatic heterocycles. The minimum Gasteiger partial charge on any atom is -0.465 e. The van der Waals surface area contributed by atoms with Gasteiger partial charge in [-0.1, -0.05) is 16.8 Å². The number of rotatable bonds is 4. The largest absolute Gasteiger partial charge is 0.465 e. The van der Waals surface area contributed by atoms with Gasteiger partial charge in [0.15, 0.2) is 0 Å². The van der Waals surface area contributed by atoms with E-state index in [1.807, 2.05) is 13.8 Å². The van der Waals surface area contributed by atoms with Crippen LogP contribution in [-0.4, -0.2) is 18.2 Å². The highest BCUT2D eigenvalue weighted by Crippen LogP contribution is 2.30. The number of carbonyl (C=O) groups excluding carboxylic acids is 1. The van der Waals surface area contributed by atoms with Crippen molar-refractivity contribution in [2.75, 3.05) is 18.2 Å². The molecule has 112 valence electrons. The molecule has 0 spiro atoms. The summed E-state index contributed by atoms with van der Waals surface area (Å²) in [5, 5.41) is 7.35. The maximum absolute atomic E-state index is 11.8. The highest BCUT2D eigenvalue weighted by atomic mass is 35.5. The van der Waals surface area contributed by atoms with Crippen LogP contribution in [0.25, 0.3) is 0 Å². The SMILES string of the molecule is COC(=O)c1cc(N)cc(Cl)c1NCc1c(C)noc1C. The van der Waals surface area contributed by atoms with Crippen LogP contribution < -0.4 is 11.1 Å². The van der Waals surface area contributed by atoms with Crippen LogP contribution in [0.5, 0.6) is 0 Å². The molecule has 2 aromatic rings. The van der Waals surface area contributed by atoms with E-state index in [-0.39, 0.29) is 5.56 Å². The van der Waals surface area contributed by atoms with Crippen molar-refractivity contribution in [3.63, 3.8) is 0 Å². The molecule has 1 aromatic carbocycles. The maximum atomic E-state index is 11.8. The molecule has 2 rings (SSSR count). The Morgan fingerprint density at radius 2 is 2.19 bits per heavy atom. The summed E-state index contributed by atoms with van der Waals surface area (Å²) in [6.07, 6.45) is 0. The number of hydrogen-bond donors (Lipinski definition) is 2. The molecule has 0 aliphatic carbocycles. The molecule has 0 unspecified atom stereocenters. The molecule has 6 nitrogen and oxygen atoms in total. The molecule has 0 saturated carbocycles. The molecule has 7 heteroatoms. The van der Waals surface area contributed by atoms with Crippen molar-refractivity contribution in [2.24, 2.45) is 0 Å². The number of nitrogens with two attached hydrogens (primary N) is 1. The maximum Gasteiger partial charge on any atom is 0.340 e. The standard InChI is InChI=1S/C14H16ClN3O3/c1-7-11(8(2)21-18-7)6-17-13-10(14(19)20-3)4-9(16)5-12(13)15/h4-5,17H,6,16H2,1-3H3. The number of aromatic nitrogens is 1. The number of carbonyl (C=O) groups is 1. The fraction of sp³-hybridized carbons (Fsp3) is 0.286. The molecular formula is C14H16ClN3O3. The third kappa shape index (κ3) is 3.11. The monoisotopic (exact) mass is 309 g/mol. The molecule has 0 atom stereocenters. The summed E-state index contributed by atoms with van der Waals surface area (Å²) in [6.45, 7) is 4.09. The first kappa shape index (κ1) is 15.2. The van der Waals surface area contributed by atoms with Crippen molar-refractivity contribution >= 4 is 28.9 Å². The van der Waals surface area contributed by atoms with Gasteiger partial charge in [-0.15, -0.1) is 0 Å². The quantitative estimate of drug-likeness (QED) is 0.666. The van der Waals surface area contributed by atoms with E-state index in [1.54, 1.807) is 6.07 Å². The Morgan fingerprint density at radius 1 is 1.48 bits per heavy atom. The molecule has 0 aliphatic rings. The van der Waals surface area contributed by atoms with E-state index in [0.717, 1.165) is 11.3 Å². The minimum atomic E-state index is -0.509. The number of nitrogens with one attached hydrogen (secondary N) is 1. The summed E-state index contributed by atoms with van der Waals surface area (Å²) in [5.74, 6) is 0.205. The summed E-state index contributed by atoms with van der Waals surface area (Å²) < 4.78 is 9.84. The average Bonchev–Trinajstić information content (AvgIpc) is 2.76. The van der Waals surface area contributed by atoms with Crippen LogP contribution in [0, 0.1) is 13.8 Å². The molecule has 1 heterocycles. The first-order valence-corrected chi connectivity index (χ1v) is 6.64. The Morgan fingerprint density at radius 3 is 2.76 bits per heavy atom. The van der Waals surface area contributed by atoms with Gasteiger partial charge in [-0.3, -0.25) is 0 Å². The second kappa shape index (κ2) is 6.05. The van der Waals surface area contributed by atoms with Crippen molar-refractivity contribution in [3.05, 3.63) is 39.7 Å². The molecule has 21 heavy (non-hydrogen) atoms. The van der Waals surface area contributed by atoms with Gasteiger partial charge in [0.1, 0.15) is 5.76 Å². The zero-order chi connectivity index (χ0) is 15.6. The van der Waals surface area contributed by atoms with Gasteiger partial charge in [-0.05, 0) is 26.0 Å². The lowest BCUT2D eigenvalue weighted by molar-refractivity contribution is 0.0602. The van der Waals surface area contributed by atoms with Crippen LogP contribution in [-0.2, 0) is 11.3 Å². The smallest absolute Gasteiger partial charge is 0.340 e. The van der Waals surface area contributed by atoms with Gasteiger partial charge in [0.2, 0.25) is 0 Å². The third-order valence-electron chi connectivity index (χ3n) is 3.14. The van der Waals surface area contributed by atoms with Gasteiger partial charge >= 0.3 is 5.97 Å². The van der Waals surface area contributed by atoms with Crippen LogP contribution in [0.2, 0.25) is 5.02 Å². The average molecular weight is 310 g/mol. The van der Waals surface area contributed by atoms with Crippen LogP contribution in [0.3, 0.4) is 0 Å². The molecular weight excluding hydrogens is 294 g/mol. The Hall–Kier alpha value is -2.21. The number of halogens is 1. The summed E-state index contributed by atoms with van der Waals surface area (Å²) in [5.41, 5.74) is 8.56. The minimum absolute atomic E-state index is 0.286. The van der Waals surface area contributed by atoms with Gasteiger partial charge in [0.05, 0.1) is 29.1 Å². The summed E-state index contributed by atoms with van der Waals surface area (Å²) >= 11 is 6.17. The third-order valence-corrected chi connectivity index (χ3v) is 3.44. The van der Waals surface area contributed by atoms with Gasteiger partial charge in [-0.25, -0.2) is 4.79 Å². The molecule has 0 amide bonds. The summed E-state index contributed by atoms with van der Waals surface area (Å²) in [6, 6.07) is 3.09. The predicted octanol–water partition coefficient (Wildman–Crippen LogP) is 2.93. The number of nitrogen functional groups attached to an aromatic ring is 1. The fourth-order valence-corrected chi connectivity index (χ4v) is 2.30. The van der Waals surface area contributed by atoms with E-state index in [0.29, 0.717) is 28.7 Å². The summed E-state index contributed by atoms with van der Waals surface area (Å²) in [7, 11) is 1.30. The fourth-order valence-electron chi connectivity index (χ4n) is 2.01. The van der Waals surface area contributed by atoms with Gasteiger partial charge in [0.25, 0.3) is 0 Å². The van der Waals surface area contributed by atoms with E-state index in [2.05, 4.69) is 10.5 Å². The number of esters is 1. The highest BCUT2D eigenvalue weighted by Gasteiger charge is 2.17. The molecule has 0 saturated heterocycles. The topological polar surface area (TPSA) is 90.4 Å². The Balaban J connectivity index is 2.33. The second-order valence-corrected chi connectivity index (χ2v) is 4.98. The van der Waals surface area contributed by atoms with E-state index in [4.69, 9.17) is 26.6 Å². The van der Waals surface area contributed by atoms with Crippen molar-refractivity contribution in [2.45, 2.75) is 20.4 Å².